The lowest BCUT2D eigenvalue weighted by atomic mass is 9.77. The van der Waals surface area contributed by atoms with Crippen molar-refractivity contribution >= 4 is 19.0 Å². The van der Waals surface area contributed by atoms with Crippen molar-refractivity contribution in [3.63, 3.8) is 0 Å². The Kier molecular flexibility index (Phi) is 5.39. The van der Waals surface area contributed by atoms with Crippen molar-refractivity contribution in [1.29, 1.82) is 0 Å². The molecule has 4 rings (SSSR count). The first-order valence-corrected chi connectivity index (χ1v) is 10.1. The number of ether oxygens (including phenoxy) is 1. The van der Waals surface area contributed by atoms with E-state index in [9.17, 15) is 19.7 Å². The maximum Gasteiger partial charge on any atom is 0.526 e. The highest BCUT2D eigenvalue weighted by Gasteiger charge is 2.54. The van der Waals surface area contributed by atoms with Gasteiger partial charge in [-0.3, -0.25) is 9.69 Å². The number of carboxylic acid groups (broad SMARTS) is 1. The molecular weight excluding hydrogens is 391 g/mol. The molecule has 1 saturated carbocycles. The first-order chi connectivity index (χ1) is 14.2. The average molecular weight is 418 g/mol. The molecule has 0 aromatic heterocycles. The van der Waals surface area contributed by atoms with Gasteiger partial charge in [-0.05, 0) is 30.9 Å². The third-order valence-corrected chi connectivity index (χ3v) is 5.93. The fourth-order valence-electron chi connectivity index (χ4n) is 4.23. The zero-order valence-electron chi connectivity index (χ0n) is 16.8. The minimum atomic E-state index is -1.16. The van der Waals surface area contributed by atoms with Gasteiger partial charge in [0.25, 0.3) is 0 Å². The molecule has 2 fully saturated rings. The van der Waals surface area contributed by atoms with Crippen LogP contribution in [0.25, 0.3) is 0 Å². The zero-order chi connectivity index (χ0) is 21.6. The Hall–Kier alpha value is -2.34. The Morgan fingerprint density at radius 2 is 2.17 bits per heavy atom. The van der Waals surface area contributed by atoms with Gasteiger partial charge in [-0.1, -0.05) is 6.07 Å². The number of nitrogens with two attached hydrogens (primary N) is 2. The number of carbonyl (C=O) groups is 2. The highest BCUT2D eigenvalue weighted by atomic mass is 16.5. The fraction of sp³-hybridized carbons (Fsp3) is 0.579. The molecule has 162 valence electrons. The molecule has 3 atom stereocenters. The maximum atomic E-state index is 12.1. The van der Waals surface area contributed by atoms with E-state index in [0.29, 0.717) is 32.7 Å². The summed E-state index contributed by atoms with van der Waals surface area (Å²) >= 11 is 0. The lowest BCUT2D eigenvalue weighted by Crippen LogP contribution is -2.64. The van der Waals surface area contributed by atoms with Crippen LogP contribution in [0.5, 0.6) is 11.5 Å². The van der Waals surface area contributed by atoms with Crippen molar-refractivity contribution in [3.05, 3.63) is 23.3 Å². The van der Waals surface area contributed by atoms with E-state index < -0.39 is 18.6 Å². The van der Waals surface area contributed by atoms with Crippen LogP contribution in [-0.2, 0) is 4.79 Å². The molecule has 7 N–H and O–H groups in total. The Bertz CT molecular complexity index is 860. The highest BCUT2D eigenvalue weighted by Crippen LogP contribution is 2.60. The van der Waals surface area contributed by atoms with E-state index >= 15 is 0 Å². The summed E-state index contributed by atoms with van der Waals surface area (Å²) in [7, 11) is -0.984. The third kappa shape index (κ3) is 3.85. The summed E-state index contributed by atoms with van der Waals surface area (Å²) in [6.45, 7) is 3.75. The molecule has 1 saturated heterocycles. The molecule has 0 radical (unpaired) electrons. The van der Waals surface area contributed by atoms with Gasteiger partial charge in [-0.2, -0.15) is 0 Å². The molecule has 30 heavy (non-hydrogen) atoms. The summed E-state index contributed by atoms with van der Waals surface area (Å²) in [4.78, 5) is 26.0. The van der Waals surface area contributed by atoms with E-state index in [1.807, 2.05) is 11.0 Å². The summed E-state index contributed by atoms with van der Waals surface area (Å²) in [6.07, 6.45) is 0.563. The lowest BCUT2D eigenvalue weighted by Gasteiger charge is -2.42. The van der Waals surface area contributed by atoms with Crippen LogP contribution >= 0.6 is 0 Å². The van der Waals surface area contributed by atoms with Gasteiger partial charge in [-0.15, -0.1) is 0 Å². The summed E-state index contributed by atoms with van der Waals surface area (Å²) in [6, 6.07) is 3.48. The van der Waals surface area contributed by atoms with Crippen LogP contribution in [0, 0.1) is 0 Å². The van der Waals surface area contributed by atoms with Crippen LogP contribution in [0.3, 0.4) is 0 Å². The maximum absolute atomic E-state index is 12.1. The number of hydrogen-bond donors (Lipinski definition) is 5. The molecule has 3 unspecified atom stereocenters. The number of hydrogen-bond acceptors (Lipinski definition) is 8. The Morgan fingerprint density at radius 1 is 1.43 bits per heavy atom. The number of rotatable bonds is 8. The van der Waals surface area contributed by atoms with Crippen molar-refractivity contribution in [2.45, 2.75) is 36.7 Å². The Balaban J connectivity index is 1.39. The van der Waals surface area contributed by atoms with Gasteiger partial charge in [0, 0.05) is 38.5 Å². The predicted molar refractivity (Wildman–Crippen MR) is 109 cm³/mol. The van der Waals surface area contributed by atoms with E-state index in [2.05, 4.69) is 5.32 Å². The van der Waals surface area contributed by atoms with Crippen molar-refractivity contribution in [3.8, 4) is 11.5 Å². The smallest absolute Gasteiger partial charge is 0.526 e. The number of carbonyl (C=O) groups excluding carboxylic acids is 1. The molecule has 1 aromatic rings. The van der Waals surface area contributed by atoms with Crippen LogP contribution in [0.2, 0.25) is 5.82 Å². The monoisotopic (exact) mass is 418 g/mol. The second-order valence-corrected chi connectivity index (χ2v) is 8.57. The molecule has 1 aromatic carbocycles. The normalized spacial score (nSPS) is 24.6. The van der Waals surface area contributed by atoms with E-state index in [1.165, 1.54) is 0 Å². The van der Waals surface area contributed by atoms with Crippen LogP contribution < -0.4 is 26.2 Å². The van der Waals surface area contributed by atoms with Gasteiger partial charge in [0.2, 0.25) is 5.91 Å². The van der Waals surface area contributed by atoms with E-state index in [4.69, 9.17) is 20.9 Å². The molecule has 0 spiro atoms. The number of nitrogens with one attached hydrogen (secondary N) is 1. The van der Waals surface area contributed by atoms with E-state index in [-0.39, 0.29) is 40.8 Å². The number of amides is 1. The lowest BCUT2D eigenvalue weighted by molar-refractivity contribution is -0.127. The van der Waals surface area contributed by atoms with Crippen LogP contribution in [0.1, 0.15) is 35.2 Å². The third-order valence-electron chi connectivity index (χ3n) is 5.93. The second-order valence-electron chi connectivity index (χ2n) is 8.57. The van der Waals surface area contributed by atoms with Crippen molar-refractivity contribution in [1.82, 2.24) is 10.2 Å². The van der Waals surface area contributed by atoms with Crippen LogP contribution in [-0.4, -0.2) is 78.4 Å². The van der Waals surface area contributed by atoms with Crippen molar-refractivity contribution < 1.29 is 29.1 Å². The molecule has 1 amide bonds. The van der Waals surface area contributed by atoms with Crippen LogP contribution in [0.4, 0.5) is 0 Å². The number of carboxylic acids is 1. The average Bonchev–Trinajstić information content (AvgIpc) is 3.45. The first-order valence-electron chi connectivity index (χ1n) is 10.1. The molecule has 0 bridgehead atoms. The molecule has 2 aliphatic heterocycles. The number of nitrogens with zero attached hydrogens (tertiary/aromatic N) is 1. The molecule has 3 aliphatic rings. The van der Waals surface area contributed by atoms with Crippen LogP contribution in [0.15, 0.2) is 12.1 Å². The zero-order valence-corrected chi connectivity index (χ0v) is 16.8. The molecule has 11 heteroatoms. The predicted octanol–water partition coefficient (Wildman–Crippen LogP) is -1.03. The standard InChI is InChI=1S/C19H27BN4O6/c1-19(22,18(27)23-5-4-21)9-24-7-10(8-24)29-14-3-2-11-12-6-13(12)20(28)30-16(11)15(14)17(25)26/h2-3,10,12-13,28H,4-9,21-22H2,1H3,(H,23,27)(H,25,26). The largest absolute Gasteiger partial charge is 0.535 e. The number of aromatic carboxylic acids is 1. The van der Waals surface area contributed by atoms with Gasteiger partial charge in [0.15, 0.2) is 0 Å². The van der Waals surface area contributed by atoms with Gasteiger partial charge in [0.1, 0.15) is 28.7 Å². The highest BCUT2D eigenvalue weighted by molar-refractivity contribution is 6.48. The summed E-state index contributed by atoms with van der Waals surface area (Å²) < 4.78 is 11.4. The Morgan fingerprint density at radius 3 is 2.83 bits per heavy atom. The SMILES string of the molecule is CC(N)(CN1CC(Oc2ccc3c(c2C(=O)O)OB(O)C2CC32)C1)C(=O)NCCN. The van der Waals surface area contributed by atoms with Gasteiger partial charge >= 0.3 is 13.1 Å². The summed E-state index contributed by atoms with van der Waals surface area (Å²) in [5, 5.41) is 22.4. The minimum absolute atomic E-state index is 0.0405. The Labute approximate surface area is 174 Å². The molecule has 1 aliphatic carbocycles. The number of likely N-dealkylation sites (tertiary alicyclic amines) is 1. The van der Waals surface area contributed by atoms with E-state index in [0.717, 1.165) is 12.0 Å². The van der Waals surface area contributed by atoms with Gasteiger partial charge in [-0.25, -0.2) is 4.79 Å². The van der Waals surface area contributed by atoms with E-state index in [1.54, 1.807) is 13.0 Å². The minimum Gasteiger partial charge on any atom is -0.535 e. The van der Waals surface area contributed by atoms with Gasteiger partial charge in [0.05, 0.1) is 0 Å². The molecule has 10 nitrogen and oxygen atoms in total. The second kappa shape index (κ2) is 7.73. The molecule has 2 heterocycles. The summed E-state index contributed by atoms with van der Waals surface area (Å²) in [5.74, 6) is -0.826. The molecular formula is C19H27BN4O6. The number of benzene rings is 1. The quantitative estimate of drug-likeness (QED) is 0.333. The first kappa shape index (κ1) is 20.9. The fourth-order valence-corrected chi connectivity index (χ4v) is 4.23. The summed E-state index contributed by atoms with van der Waals surface area (Å²) in [5.41, 5.74) is 11.2. The number of fused-ring (bicyclic) bond motifs is 3. The van der Waals surface area contributed by atoms with Crippen molar-refractivity contribution in [2.75, 3.05) is 32.7 Å². The van der Waals surface area contributed by atoms with Crippen molar-refractivity contribution in [2.24, 2.45) is 11.5 Å². The van der Waals surface area contributed by atoms with Gasteiger partial charge < -0.3 is 36.3 Å². The topological polar surface area (TPSA) is 160 Å².